The summed E-state index contributed by atoms with van der Waals surface area (Å²) < 4.78 is 12.5. The van der Waals surface area contributed by atoms with E-state index in [-0.39, 0.29) is 11.4 Å². The summed E-state index contributed by atoms with van der Waals surface area (Å²) >= 11 is 4.92. The van der Waals surface area contributed by atoms with E-state index < -0.39 is 5.91 Å². The predicted molar refractivity (Wildman–Crippen MR) is 132 cm³/mol. The number of carbonyl (C=O) groups excluding carboxylic acids is 1. The Labute approximate surface area is 199 Å². The number of thioether (sulfide) groups is 1. The monoisotopic (exact) mass is 511 g/mol. The standard InChI is InChI=1S/C24H22BrN3O3S/c1-14-5-4-6-15(2)21(14)31-10-9-30-20-8-7-17(12-19(20)25)11-18-22(26)28-13-16(3)32-24(28)27-23(18)29/h4-8,11-13,26H,9-10H2,1-3H3/b18-11+,26-22?. The molecule has 164 valence electrons. The Morgan fingerprint density at radius 2 is 1.84 bits per heavy atom. The minimum Gasteiger partial charge on any atom is -0.489 e. The van der Waals surface area contributed by atoms with Crippen LogP contribution in [0.15, 0.2) is 62.5 Å². The second kappa shape index (κ2) is 9.34. The molecule has 0 fully saturated rings. The molecular weight excluding hydrogens is 490 g/mol. The fourth-order valence-corrected chi connectivity index (χ4v) is 4.74. The van der Waals surface area contributed by atoms with Crippen molar-refractivity contribution in [3.8, 4) is 11.5 Å². The molecule has 2 aliphatic rings. The van der Waals surface area contributed by atoms with E-state index in [2.05, 4.69) is 20.9 Å². The number of nitrogens with one attached hydrogen (secondary N) is 1. The number of hydrogen-bond acceptors (Lipinski definition) is 5. The molecule has 8 heteroatoms. The first-order valence-electron chi connectivity index (χ1n) is 10.0. The van der Waals surface area contributed by atoms with Crippen molar-refractivity contribution < 1.29 is 14.3 Å². The number of aliphatic imine (C=N–C) groups is 1. The maximum absolute atomic E-state index is 12.4. The van der Waals surface area contributed by atoms with Crippen LogP contribution >= 0.6 is 27.7 Å². The second-order valence-electron chi connectivity index (χ2n) is 7.43. The van der Waals surface area contributed by atoms with Crippen LogP contribution in [0, 0.1) is 19.3 Å². The topological polar surface area (TPSA) is 75.0 Å². The highest BCUT2D eigenvalue weighted by atomic mass is 79.9. The number of amides is 1. The van der Waals surface area contributed by atoms with Crippen LogP contribution in [0.5, 0.6) is 11.5 Å². The van der Waals surface area contributed by atoms with Gasteiger partial charge in [-0.15, -0.1) is 0 Å². The predicted octanol–water partition coefficient (Wildman–Crippen LogP) is 5.69. The Bertz CT molecular complexity index is 1180. The van der Waals surface area contributed by atoms with Crippen LogP contribution < -0.4 is 9.47 Å². The third kappa shape index (κ3) is 4.66. The molecule has 4 rings (SSSR count). The van der Waals surface area contributed by atoms with Gasteiger partial charge < -0.3 is 9.47 Å². The number of carbonyl (C=O) groups is 1. The van der Waals surface area contributed by atoms with Crippen LogP contribution in [0.25, 0.3) is 6.08 Å². The van der Waals surface area contributed by atoms with Gasteiger partial charge in [0.2, 0.25) is 0 Å². The Kier molecular flexibility index (Phi) is 6.53. The van der Waals surface area contributed by atoms with Crippen molar-refractivity contribution >= 4 is 50.7 Å². The molecule has 0 saturated carbocycles. The molecule has 32 heavy (non-hydrogen) atoms. The maximum atomic E-state index is 12.4. The third-order valence-corrected chi connectivity index (χ3v) is 6.47. The number of ether oxygens (including phenoxy) is 2. The van der Waals surface area contributed by atoms with E-state index in [4.69, 9.17) is 14.9 Å². The molecule has 6 nitrogen and oxygen atoms in total. The average Bonchev–Trinajstić information content (AvgIpc) is 3.11. The number of para-hydroxylation sites is 1. The molecule has 0 aliphatic carbocycles. The number of nitrogens with zero attached hydrogens (tertiary/aromatic N) is 2. The quantitative estimate of drug-likeness (QED) is 0.398. The van der Waals surface area contributed by atoms with Crippen LogP contribution in [0.1, 0.15) is 23.6 Å². The number of hydrogen-bond donors (Lipinski definition) is 1. The van der Waals surface area contributed by atoms with E-state index in [9.17, 15) is 4.79 Å². The summed E-state index contributed by atoms with van der Waals surface area (Å²) in [7, 11) is 0. The normalized spacial score (nSPS) is 16.8. The Balaban J connectivity index is 1.41. The summed E-state index contributed by atoms with van der Waals surface area (Å²) in [5.41, 5.74) is 3.22. The summed E-state index contributed by atoms with van der Waals surface area (Å²) in [5.74, 6) is 1.29. The van der Waals surface area contributed by atoms with Crippen LogP contribution in [-0.4, -0.2) is 35.0 Å². The molecule has 1 amide bonds. The lowest BCUT2D eigenvalue weighted by atomic mass is 10.1. The largest absolute Gasteiger partial charge is 0.489 e. The zero-order valence-corrected chi connectivity index (χ0v) is 20.3. The van der Waals surface area contributed by atoms with E-state index in [0.29, 0.717) is 24.1 Å². The van der Waals surface area contributed by atoms with Crippen molar-refractivity contribution in [3.63, 3.8) is 0 Å². The van der Waals surface area contributed by atoms with Gasteiger partial charge in [0.05, 0.1) is 10.0 Å². The van der Waals surface area contributed by atoms with E-state index in [1.165, 1.54) is 11.8 Å². The van der Waals surface area contributed by atoms with Crippen LogP contribution in [0.3, 0.4) is 0 Å². The van der Waals surface area contributed by atoms with E-state index in [1.807, 2.05) is 63.4 Å². The lowest BCUT2D eigenvalue weighted by molar-refractivity contribution is -0.114. The number of allylic oxidation sites excluding steroid dienone is 1. The van der Waals surface area contributed by atoms with E-state index >= 15 is 0 Å². The van der Waals surface area contributed by atoms with Gasteiger partial charge in [0.25, 0.3) is 5.91 Å². The maximum Gasteiger partial charge on any atom is 0.283 e. The lowest BCUT2D eigenvalue weighted by Crippen LogP contribution is -2.35. The molecule has 0 aromatic heterocycles. The summed E-state index contributed by atoms with van der Waals surface area (Å²) in [5, 5.41) is 8.93. The van der Waals surface area contributed by atoms with Crippen LogP contribution in [0.2, 0.25) is 0 Å². The second-order valence-corrected chi connectivity index (χ2v) is 9.49. The average molecular weight is 512 g/mol. The van der Waals surface area contributed by atoms with Gasteiger partial charge in [0.15, 0.2) is 5.17 Å². The fourth-order valence-electron chi connectivity index (χ4n) is 3.41. The molecular formula is C24H22BrN3O3S. The molecule has 0 spiro atoms. The first kappa shape index (κ1) is 22.4. The molecule has 0 atom stereocenters. The Hall–Kier alpha value is -2.84. The Morgan fingerprint density at radius 3 is 2.56 bits per heavy atom. The van der Waals surface area contributed by atoms with Crippen molar-refractivity contribution in [3.05, 3.63) is 74.2 Å². The molecule has 0 saturated heterocycles. The highest BCUT2D eigenvalue weighted by Crippen LogP contribution is 2.33. The molecule has 2 aromatic rings. The molecule has 2 aromatic carbocycles. The molecule has 2 heterocycles. The third-order valence-electron chi connectivity index (χ3n) is 4.96. The smallest absolute Gasteiger partial charge is 0.283 e. The van der Waals surface area contributed by atoms with Gasteiger partial charge in [-0.05, 0) is 71.6 Å². The molecule has 0 bridgehead atoms. The van der Waals surface area contributed by atoms with Gasteiger partial charge >= 0.3 is 0 Å². The highest BCUT2D eigenvalue weighted by Gasteiger charge is 2.32. The number of fused-ring (bicyclic) bond motifs is 1. The SMILES string of the molecule is CC1=CN2C(=N)/C(=C\c3ccc(OCCOc4c(C)cccc4C)c(Br)c3)C(=O)N=C2S1. The van der Waals surface area contributed by atoms with Gasteiger partial charge in [-0.1, -0.05) is 36.0 Å². The molecule has 2 aliphatic heterocycles. The number of benzene rings is 2. The van der Waals surface area contributed by atoms with Gasteiger partial charge in [-0.2, -0.15) is 4.99 Å². The van der Waals surface area contributed by atoms with Crippen molar-refractivity contribution in [2.75, 3.05) is 13.2 Å². The van der Waals surface area contributed by atoms with Crippen LogP contribution in [-0.2, 0) is 4.79 Å². The number of halogens is 1. The summed E-state index contributed by atoms with van der Waals surface area (Å²) in [6.07, 6.45) is 3.50. The Morgan fingerprint density at radius 1 is 1.12 bits per heavy atom. The van der Waals surface area contributed by atoms with Gasteiger partial charge in [-0.25, -0.2) is 0 Å². The van der Waals surface area contributed by atoms with Crippen molar-refractivity contribution in [2.45, 2.75) is 20.8 Å². The number of rotatable bonds is 6. The number of aryl methyl sites for hydroxylation is 2. The highest BCUT2D eigenvalue weighted by molar-refractivity contribution is 9.10. The summed E-state index contributed by atoms with van der Waals surface area (Å²) in [6.45, 7) is 6.80. The lowest BCUT2D eigenvalue weighted by Gasteiger charge is -2.22. The van der Waals surface area contributed by atoms with E-state index in [1.54, 1.807) is 11.0 Å². The number of amidine groups is 2. The zero-order chi connectivity index (χ0) is 22.8. The van der Waals surface area contributed by atoms with Gasteiger partial charge in [0.1, 0.15) is 30.5 Å². The molecule has 0 unspecified atom stereocenters. The molecule has 1 N–H and O–H groups in total. The minimum absolute atomic E-state index is 0.129. The first-order chi connectivity index (χ1) is 15.3. The first-order valence-corrected chi connectivity index (χ1v) is 11.6. The van der Waals surface area contributed by atoms with Crippen molar-refractivity contribution in [1.29, 1.82) is 5.41 Å². The van der Waals surface area contributed by atoms with Crippen molar-refractivity contribution in [2.24, 2.45) is 4.99 Å². The van der Waals surface area contributed by atoms with E-state index in [0.717, 1.165) is 31.8 Å². The summed E-state index contributed by atoms with van der Waals surface area (Å²) in [4.78, 5) is 19.2. The van der Waals surface area contributed by atoms with Crippen LogP contribution in [0.4, 0.5) is 0 Å². The van der Waals surface area contributed by atoms with Gasteiger partial charge in [0, 0.05) is 11.1 Å². The molecule has 0 radical (unpaired) electrons. The summed E-state index contributed by atoms with van der Waals surface area (Å²) in [6, 6.07) is 11.6. The fraction of sp³-hybridized carbons (Fsp3) is 0.208. The van der Waals surface area contributed by atoms with Gasteiger partial charge in [-0.3, -0.25) is 15.1 Å². The zero-order valence-electron chi connectivity index (χ0n) is 17.9. The minimum atomic E-state index is -0.406. The van der Waals surface area contributed by atoms with Crippen molar-refractivity contribution in [1.82, 2.24) is 4.90 Å².